The summed E-state index contributed by atoms with van der Waals surface area (Å²) in [6.07, 6.45) is -0.215. The minimum atomic E-state index is -0.688. The number of carbonyl (C=O) groups excluding carboxylic acids is 1. The quantitative estimate of drug-likeness (QED) is 0.762. The third kappa shape index (κ3) is 4.86. The Morgan fingerprint density at radius 1 is 1.21 bits per heavy atom. The van der Waals surface area contributed by atoms with Gasteiger partial charge in [0.15, 0.2) is 6.10 Å². The molecule has 0 aliphatic rings. The molecule has 0 aromatic heterocycles. The number of benzene rings is 2. The van der Waals surface area contributed by atoms with E-state index in [1.54, 1.807) is 30.3 Å². The second kappa shape index (κ2) is 8.36. The van der Waals surface area contributed by atoms with Crippen LogP contribution in [0.25, 0.3) is 0 Å². The zero-order valence-corrected chi connectivity index (χ0v) is 14.9. The van der Waals surface area contributed by atoms with Crippen molar-refractivity contribution in [1.82, 2.24) is 5.32 Å². The molecule has 1 amide bonds. The Hall–Kier alpha value is -1.78. The van der Waals surface area contributed by atoms with Crippen molar-refractivity contribution in [3.8, 4) is 5.75 Å². The Labute approximate surface area is 150 Å². The standard InChI is InChI=1S/C18H18Cl2FNO2/c1-3-16(24-17-9-6-13(19)10-15(17)20)18(23)22-11(2)12-4-7-14(21)8-5-12/h4-11,16H,3H2,1-2H3,(H,22,23)/t11-,16-/m1/s1. The van der Waals surface area contributed by atoms with Crippen molar-refractivity contribution in [3.05, 3.63) is 63.9 Å². The van der Waals surface area contributed by atoms with Crippen LogP contribution < -0.4 is 10.1 Å². The molecule has 1 N–H and O–H groups in total. The SMILES string of the molecule is CC[C@@H](Oc1ccc(Cl)cc1Cl)C(=O)N[C@H](C)c1ccc(F)cc1. The number of rotatable bonds is 6. The van der Waals surface area contributed by atoms with E-state index in [1.165, 1.54) is 12.1 Å². The molecule has 0 heterocycles. The second-order valence-corrected chi connectivity index (χ2v) is 6.21. The molecule has 2 atom stereocenters. The van der Waals surface area contributed by atoms with Gasteiger partial charge in [-0.3, -0.25) is 4.79 Å². The molecule has 2 rings (SSSR count). The highest BCUT2D eigenvalue weighted by Gasteiger charge is 2.21. The lowest BCUT2D eigenvalue weighted by atomic mass is 10.1. The number of hydrogen-bond donors (Lipinski definition) is 1. The summed E-state index contributed by atoms with van der Waals surface area (Å²) in [5.74, 6) is -0.178. The third-order valence-electron chi connectivity index (χ3n) is 3.56. The Bertz CT molecular complexity index is 707. The first-order valence-electron chi connectivity index (χ1n) is 7.58. The topological polar surface area (TPSA) is 38.3 Å². The summed E-state index contributed by atoms with van der Waals surface area (Å²) in [5, 5.41) is 3.70. The fourth-order valence-corrected chi connectivity index (χ4v) is 2.64. The van der Waals surface area contributed by atoms with Gasteiger partial charge in [0.2, 0.25) is 0 Å². The normalized spacial score (nSPS) is 13.2. The summed E-state index contributed by atoms with van der Waals surface area (Å²) in [7, 11) is 0. The highest BCUT2D eigenvalue weighted by Crippen LogP contribution is 2.28. The van der Waals surface area contributed by atoms with Crippen molar-refractivity contribution >= 4 is 29.1 Å². The lowest BCUT2D eigenvalue weighted by molar-refractivity contribution is -0.128. The van der Waals surface area contributed by atoms with Crippen LogP contribution in [0.3, 0.4) is 0 Å². The number of nitrogens with one attached hydrogen (secondary N) is 1. The van der Waals surface area contributed by atoms with Crippen LogP contribution in [0.15, 0.2) is 42.5 Å². The molecule has 0 bridgehead atoms. The molecule has 0 saturated carbocycles. The van der Waals surface area contributed by atoms with E-state index in [1.807, 2.05) is 13.8 Å². The summed E-state index contributed by atoms with van der Waals surface area (Å²) in [6, 6.07) is 10.6. The Balaban J connectivity index is 2.04. The number of ether oxygens (including phenoxy) is 1. The zero-order chi connectivity index (χ0) is 17.7. The number of halogens is 3. The Kier molecular flexibility index (Phi) is 6.46. The molecule has 0 radical (unpaired) electrons. The van der Waals surface area contributed by atoms with Gasteiger partial charge >= 0.3 is 0 Å². The van der Waals surface area contributed by atoms with Crippen LogP contribution in [0.1, 0.15) is 31.9 Å². The number of carbonyl (C=O) groups is 1. The average Bonchev–Trinajstić information content (AvgIpc) is 2.54. The first kappa shape index (κ1) is 18.6. The van der Waals surface area contributed by atoms with Gasteiger partial charge in [-0.2, -0.15) is 0 Å². The van der Waals surface area contributed by atoms with Gasteiger partial charge in [-0.1, -0.05) is 42.3 Å². The fourth-order valence-electron chi connectivity index (χ4n) is 2.19. The molecule has 2 aromatic carbocycles. The van der Waals surface area contributed by atoms with E-state index < -0.39 is 6.10 Å². The molecule has 2 aromatic rings. The van der Waals surface area contributed by atoms with Crippen LogP contribution in [0.5, 0.6) is 5.75 Å². The van der Waals surface area contributed by atoms with Crippen molar-refractivity contribution in [2.24, 2.45) is 0 Å². The minimum Gasteiger partial charge on any atom is -0.479 e. The van der Waals surface area contributed by atoms with Gasteiger partial charge in [-0.15, -0.1) is 0 Å². The van der Waals surface area contributed by atoms with E-state index in [4.69, 9.17) is 27.9 Å². The molecule has 0 aliphatic heterocycles. The predicted octanol–water partition coefficient (Wildman–Crippen LogP) is 5.17. The smallest absolute Gasteiger partial charge is 0.261 e. The van der Waals surface area contributed by atoms with Crippen LogP contribution in [0.4, 0.5) is 4.39 Å². The van der Waals surface area contributed by atoms with Crippen LogP contribution in [-0.2, 0) is 4.79 Å². The number of amides is 1. The molecular weight excluding hydrogens is 352 g/mol. The maximum atomic E-state index is 13.0. The molecule has 0 spiro atoms. The van der Waals surface area contributed by atoms with E-state index in [9.17, 15) is 9.18 Å². The first-order chi connectivity index (χ1) is 11.4. The van der Waals surface area contributed by atoms with Gasteiger partial charge < -0.3 is 10.1 Å². The van der Waals surface area contributed by atoms with E-state index in [2.05, 4.69) is 5.32 Å². The third-order valence-corrected chi connectivity index (χ3v) is 4.09. The molecule has 3 nitrogen and oxygen atoms in total. The monoisotopic (exact) mass is 369 g/mol. The van der Waals surface area contributed by atoms with E-state index >= 15 is 0 Å². The van der Waals surface area contributed by atoms with Gasteiger partial charge in [0.05, 0.1) is 11.1 Å². The fraction of sp³-hybridized carbons (Fsp3) is 0.278. The molecule has 0 aliphatic carbocycles. The molecule has 128 valence electrons. The predicted molar refractivity (Wildman–Crippen MR) is 94.1 cm³/mol. The Morgan fingerprint density at radius 3 is 2.46 bits per heavy atom. The van der Waals surface area contributed by atoms with Gasteiger partial charge in [0.25, 0.3) is 5.91 Å². The lowest BCUT2D eigenvalue weighted by Crippen LogP contribution is -2.39. The van der Waals surface area contributed by atoms with Crippen molar-refractivity contribution < 1.29 is 13.9 Å². The highest BCUT2D eigenvalue weighted by atomic mass is 35.5. The van der Waals surface area contributed by atoms with E-state index in [0.29, 0.717) is 22.2 Å². The van der Waals surface area contributed by atoms with Crippen LogP contribution in [-0.4, -0.2) is 12.0 Å². The molecule has 0 saturated heterocycles. The summed E-state index contributed by atoms with van der Waals surface area (Å²) in [4.78, 5) is 12.4. The average molecular weight is 370 g/mol. The minimum absolute atomic E-state index is 0.264. The van der Waals surface area contributed by atoms with Crippen molar-refractivity contribution in [2.45, 2.75) is 32.4 Å². The maximum absolute atomic E-state index is 13.0. The molecule has 0 unspecified atom stereocenters. The van der Waals surface area contributed by atoms with Crippen LogP contribution in [0, 0.1) is 5.82 Å². The summed E-state index contributed by atoms with van der Waals surface area (Å²) >= 11 is 11.9. The zero-order valence-electron chi connectivity index (χ0n) is 13.4. The van der Waals surface area contributed by atoms with Crippen molar-refractivity contribution in [2.75, 3.05) is 0 Å². The second-order valence-electron chi connectivity index (χ2n) is 5.37. The summed E-state index contributed by atoms with van der Waals surface area (Å²) < 4.78 is 18.7. The summed E-state index contributed by atoms with van der Waals surface area (Å²) in [5.41, 5.74) is 0.809. The Morgan fingerprint density at radius 2 is 1.88 bits per heavy atom. The van der Waals surface area contributed by atoms with Gasteiger partial charge in [0, 0.05) is 5.02 Å². The van der Waals surface area contributed by atoms with Crippen molar-refractivity contribution in [3.63, 3.8) is 0 Å². The van der Waals surface area contributed by atoms with E-state index in [-0.39, 0.29) is 17.8 Å². The molecular formula is C18H18Cl2FNO2. The number of hydrogen-bond acceptors (Lipinski definition) is 2. The van der Waals surface area contributed by atoms with E-state index in [0.717, 1.165) is 5.56 Å². The van der Waals surface area contributed by atoms with Gasteiger partial charge in [0.1, 0.15) is 11.6 Å². The van der Waals surface area contributed by atoms with Crippen LogP contribution >= 0.6 is 23.2 Å². The van der Waals surface area contributed by atoms with Gasteiger partial charge in [-0.05, 0) is 49.2 Å². The largest absolute Gasteiger partial charge is 0.479 e. The molecule has 6 heteroatoms. The van der Waals surface area contributed by atoms with Crippen LogP contribution in [0.2, 0.25) is 10.0 Å². The van der Waals surface area contributed by atoms with Gasteiger partial charge in [-0.25, -0.2) is 4.39 Å². The molecule has 0 fully saturated rings. The molecule has 24 heavy (non-hydrogen) atoms. The highest BCUT2D eigenvalue weighted by molar-refractivity contribution is 6.35. The summed E-state index contributed by atoms with van der Waals surface area (Å²) in [6.45, 7) is 3.67. The lowest BCUT2D eigenvalue weighted by Gasteiger charge is -2.21. The van der Waals surface area contributed by atoms with Crippen molar-refractivity contribution in [1.29, 1.82) is 0 Å². The maximum Gasteiger partial charge on any atom is 0.261 e. The first-order valence-corrected chi connectivity index (χ1v) is 8.33.